The summed E-state index contributed by atoms with van der Waals surface area (Å²) in [5, 5.41) is 3.18. The molecule has 0 saturated carbocycles. The number of hydrogen-bond donors (Lipinski definition) is 1. The van der Waals surface area contributed by atoms with E-state index < -0.39 is 20.5 Å². The smallest absolute Gasteiger partial charge is 0.254 e. The number of nitrogens with one attached hydrogen (secondary N) is 1. The molecule has 4 rings (SSSR count). The zero-order valence-electron chi connectivity index (χ0n) is 21.1. The number of nitrogens with zero attached hydrogens (tertiary/aromatic N) is 2. The molecule has 8 nitrogen and oxygen atoms in total. The first-order valence-electron chi connectivity index (χ1n) is 12.0. The Balaban J connectivity index is 1.59. The summed E-state index contributed by atoms with van der Waals surface area (Å²) >= 11 is 0. The first-order chi connectivity index (χ1) is 17.7. The number of pyridine rings is 1. The third-order valence-electron chi connectivity index (χ3n) is 6.23. The maximum Gasteiger partial charge on any atom is 0.254 e. The highest BCUT2D eigenvalue weighted by molar-refractivity contribution is 7.90. The number of carbonyl (C=O) groups excluding carboxylic acids is 1. The van der Waals surface area contributed by atoms with E-state index in [1.807, 2.05) is 30.3 Å². The molecule has 0 aliphatic carbocycles. The first-order valence-corrected chi connectivity index (χ1v) is 13.9. The number of halogens is 1. The predicted octanol–water partition coefficient (Wildman–Crippen LogP) is 3.95. The highest BCUT2D eigenvalue weighted by Gasteiger charge is 2.27. The second kappa shape index (κ2) is 11.3. The molecule has 1 aromatic heterocycles. The number of benzene rings is 2. The molecule has 0 unspecified atom stereocenters. The van der Waals surface area contributed by atoms with Gasteiger partial charge in [0.1, 0.15) is 28.9 Å². The molecule has 0 atom stereocenters. The van der Waals surface area contributed by atoms with Crippen molar-refractivity contribution in [2.45, 2.75) is 24.8 Å². The molecule has 3 aromatic rings. The number of methoxy groups -OCH3 is 1. The second-order valence-corrected chi connectivity index (χ2v) is 10.8. The lowest BCUT2D eigenvalue weighted by atomic mass is 10.0. The minimum absolute atomic E-state index is 0.0948. The molecule has 0 spiro atoms. The SMILES string of the molecule is CCc1c(C(=O)N2CCOc3ccc(-c4ccc(NCCOC)nc4)cc3C2)ccc(S(C)(=O)=O)c1F. The van der Waals surface area contributed by atoms with E-state index in [1.165, 1.54) is 6.07 Å². The number of aromatic nitrogens is 1. The predicted molar refractivity (Wildman–Crippen MR) is 139 cm³/mol. The van der Waals surface area contributed by atoms with Crippen LogP contribution in [0.25, 0.3) is 11.1 Å². The Bertz CT molecular complexity index is 1390. The van der Waals surface area contributed by atoms with Crippen molar-refractivity contribution in [1.29, 1.82) is 0 Å². The van der Waals surface area contributed by atoms with Gasteiger partial charge in [-0.05, 0) is 48.4 Å². The van der Waals surface area contributed by atoms with Gasteiger partial charge in [0, 0.05) is 54.9 Å². The largest absolute Gasteiger partial charge is 0.491 e. The topological polar surface area (TPSA) is 97.8 Å². The molecule has 1 aliphatic rings. The van der Waals surface area contributed by atoms with Crippen LogP contribution in [0.1, 0.15) is 28.4 Å². The van der Waals surface area contributed by atoms with Crippen LogP contribution in [0.5, 0.6) is 5.75 Å². The lowest BCUT2D eigenvalue weighted by Crippen LogP contribution is -2.33. The molecule has 0 saturated heterocycles. The van der Waals surface area contributed by atoms with E-state index in [9.17, 15) is 13.2 Å². The van der Waals surface area contributed by atoms with Crippen LogP contribution >= 0.6 is 0 Å². The van der Waals surface area contributed by atoms with E-state index >= 15 is 4.39 Å². The molecule has 0 fully saturated rings. The molecule has 2 heterocycles. The molecule has 196 valence electrons. The Hall–Kier alpha value is -3.50. The fraction of sp³-hybridized carbons (Fsp3) is 0.333. The van der Waals surface area contributed by atoms with E-state index in [-0.39, 0.29) is 36.6 Å². The lowest BCUT2D eigenvalue weighted by molar-refractivity contribution is 0.0731. The third-order valence-corrected chi connectivity index (χ3v) is 7.34. The van der Waals surface area contributed by atoms with Gasteiger partial charge in [-0.25, -0.2) is 17.8 Å². The molecule has 1 aliphatic heterocycles. The number of rotatable bonds is 8. The number of sulfone groups is 1. The van der Waals surface area contributed by atoms with Gasteiger partial charge in [-0.1, -0.05) is 13.0 Å². The number of carbonyl (C=O) groups is 1. The normalized spacial score (nSPS) is 13.5. The van der Waals surface area contributed by atoms with Crippen molar-refractivity contribution < 1.29 is 27.1 Å². The van der Waals surface area contributed by atoms with E-state index in [1.54, 1.807) is 25.1 Å². The van der Waals surface area contributed by atoms with Gasteiger partial charge >= 0.3 is 0 Å². The Morgan fingerprint density at radius 3 is 2.65 bits per heavy atom. The van der Waals surface area contributed by atoms with Crippen LogP contribution in [0, 0.1) is 5.82 Å². The minimum atomic E-state index is -3.75. The summed E-state index contributed by atoms with van der Waals surface area (Å²) in [6.07, 6.45) is 2.91. The summed E-state index contributed by atoms with van der Waals surface area (Å²) in [5.74, 6) is 0.193. The molecule has 1 N–H and O–H groups in total. The fourth-order valence-corrected chi connectivity index (χ4v) is 5.06. The van der Waals surface area contributed by atoms with Crippen molar-refractivity contribution in [2.75, 3.05) is 45.0 Å². The van der Waals surface area contributed by atoms with Crippen LogP contribution < -0.4 is 10.1 Å². The van der Waals surface area contributed by atoms with Gasteiger partial charge in [0.2, 0.25) is 0 Å². The Labute approximate surface area is 216 Å². The summed E-state index contributed by atoms with van der Waals surface area (Å²) in [7, 11) is -2.11. The van der Waals surface area contributed by atoms with Gasteiger partial charge in [-0.2, -0.15) is 0 Å². The highest BCUT2D eigenvalue weighted by atomic mass is 32.2. The maximum absolute atomic E-state index is 15.0. The van der Waals surface area contributed by atoms with E-state index in [2.05, 4.69) is 10.3 Å². The Kier molecular flexibility index (Phi) is 8.09. The summed E-state index contributed by atoms with van der Waals surface area (Å²) < 4.78 is 49.9. The zero-order valence-corrected chi connectivity index (χ0v) is 21.9. The molecule has 1 amide bonds. The van der Waals surface area contributed by atoms with Crippen molar-refractivity contribution in [1.82, 2.24) is 9.88 Å². The lowest BCUT2D eigenvalue weighted by Gasteiger charge is -2.22. The van der Waals surface area contributed by atoms with Crippen LogP contribution in [0.3, 0.4) is 0 Å². The minimum Gasteiger partial charge on any atom is -0.491 e. The standard InChI is InChI=1S/C27H30FN3O5S/c1-4-21-22(7-9-24(26(21)28)37(3,33)34)27(32)31-12-14-36-23-8-5-18(15-20(23)17-31)19-6-10-25(30-16-19)29-11-13-35-2/h5-10,15-16H,4,11-14,17H2,1-3H3,(H,29,30). The van der Waals surface area contributed by atoms with Crippen LogP contribution in [-0.2, 0) is 27.5 Å². The van der Waals surface area contributed by atoms with Gasteiger partial charge < -0.3 is 19.7 Å². The van der Waals surface area contributed by atoms with Crippen LogP contribution in [0.4, 0.5) is 10.2 Å². The third kappa shape index (κ3) is 5.91. The number of fused-ring (bicyclic) bond motifs is 1. The van der Waals surface area contributed by atoms with Gasteiger partial charge in [0.15, 0.2) is 9.84 Å². The number of hydrogen-bond acceptors (Lipinski definition) is 7. The number of ether oxygens (including phenoxy) is 2. The van der Waals surface area contributed by atoms with E-state index in [0.717, 1.165) is 34.8 Å². The number of anilines is 1. The van der Waals surface area contributed by atoms with Crippen molar-refractivity contribution in [3.63, 3.8) is 0 Å². The van der Waals surface area contributed by atoms with Crippen molar-refractivity contribution in [3.8, 4) is 16.9 Å². The molecule has 2 aromatic carbocycles. The fourth-order valence-electron chi connectivity index (χ4n) is 4.30. The quantitative estimate of drug-likeness (QED) is 0.443. The summed E-state index contributed by atoms with van der Waals surface area (Å²) in [4.78, 5) is 19.1. The van der Waals surface area contributed by atoms with Crippen molar-refractivity contribution in [3.05, 3.63) is 71.2 Å². The van der Waals surface area contributed by atoms with Crippen LogP contribution in [-0.4, -0.2) is 63.9 Å². The van der Waals surface area contributed by atoms with Gasteiger partial charge in [-0.15, -0.1) is 0 Å². The van der Waals surface area contributed by atoms with Crippen molar-refractivity contribution in [2.24, 2.45) is 0 Å². The summed E-state index contributed by atoms with van der Waals surface area (Å²) in [5.41, 5.74) is 2.90. The van der Waals surface area contributed by atoms with E-state index in [4.69, 9.17) is 9.47 Å². The average molecular weight is 528 g/mol. The molecular formula is C27H30FN3O5S. The van der Waals surface area contributed by atoms with Crippen LogP contribution in [0.15, 0.2) is 53.6 Å². The zero-order chi connectivity index (χ0) is 26.6. The molecular weight excluding hydrogens is 497 g/mol. The first kappa shape index (κ1) is 26.6. The summed E-state index contributed by atoms with van der Waals surface area (Å²) in [6, 6.07) is 12.2. The van der Waals surface area contributed by atoms with Gasteiger partial charge in [0.05, 0.1) is 13.2 Å². The average Bonchev–Trinajstić information content (AvgIpc) is 3.10. The molecule has 10 heteroatoms. The molecule has 0 bridgehead atoms. The van der Waals surface area contributed by atoms with Gasteiger partial charge in [0.25, 0.3) is 5.91 Å². The summed E-state index contributed by atoms with van der Waals surface area (Å²) in [6.45, 7) is 3.80. The highest BCUT2D eigenvalue weighted by Crippen LogP contribution is 2.31. The van der Waals surface area contributed by atoms with Gasteiger partial charge in [-0.3, -0.25) is 4.79 Å². The maximum atomic E-state index is 15.0. The second-order valence-electron chi connectivity index (χ2n) is 8.78. The van der Waals surface area contributed by atoms with Crippen molar-refractivity contribution >= 4 is 21.6 Å². The molecule has 0 radical (unpaired) electrons. The van der Waals surface area contributed by atoms with E-state index in [0.29, 0.717) is 25.4 Å². The monoisotopic (exact) mass is 527 g/mol. The number of amides is 1. The Morgan fingerprint density at radius 2 is 1.97 bits per heavy atom. The van der Waals surface area contributed by atoms with Crippen LogP contribution in [0.2, 0.25) is 0 Å². The Morgan fingerprint density at radius 1 is 1.19 bits per heavy atom. The molecule has 37 heavy (non-hydrogen) atoms.